The lowest BCUT2D eigenvalue weighted by atomic mass is 9.95. The molecule has 0 saturated heterocycles. The van der Waals surface area contributed by atoms with Crippen LogP contribution in [-0.2, 0) is 6.42 Å². The molecular formula is C16H16BrClFN. The summed E-state index contributed by atoms with van der Waals surface area (Å²) < 4.78 is 14.9. The number of likely N-dealkylation sites (N-methyl/N-ethyl adjacent to an activating group) is 1. The van der Waals surface area contributed by atoms with Gasteiger partial charge in [-0.1, -0.05) is 33.6 Å². The lowest BCUT2D eigenvalue weighted by Crippen LogP contribution is -2.20. The Bertz CT molecular complexity index is 615. The number of aryl methyl sites for hydroxylation is 1. The van der Waals surface area contributed by atoms with E-state index in [1.165, 1.54) is 11.6 Å². The second kappa shape index (κ2) is 6.70. The molecule has 1 atom stereocenters. The third kappa shape index (κ3) is 3.60. The summed E-state index contributed by atoms with van der Waals surface area (Å²) >= 11 is 9.41. The van der Waals surface area contributed by atoms with E-state index in [1.807, 2.05) is 13.1 Å². The van der Waals surface area contributed by atoms with E-state index >= 15 is 0 Å². The van der Waals surface area contributed by atoms with Gasteiger partial charge in [0.25, 0.3) is 0 Å². The molecule has 4 heteroatoms. The molecule has 106 valence electrons. The van der Waals surface area contributed by atoms with Crippen LogP contribution in [0.5, 0.6) is 0 Å². The molecule has 0 radical (unpaired) electrons. The first-order valence-corrected chi connectivity index (χ1v) is 7.55. The maximum absolute atomic E-state index is 13.9. The van der Waals surface area contributed by atoms with Gasteiger partial charge in [-0.3, -0.25) is 0 Å². The van der Waals surface area contributed by atoms with Crippen molar-refractivity contribution in [2.75, 3.05) is 7.05 Å². The van der Waals surface area contributed by atoms with E-state index in [0.717, 1.165) is 10.0 Å². The Kier molecular flexibility index (Phi) is 5.19. The summed E-state index contributed by atoms with van der Waals surface area (Å²) in [6.45, 7) is 2.05. The molecule has 0 aliphatic heterocycles. The average Bonchev–Trinajstić information content (AvgIpc) is 2.40. The second-order valence-corrected chi connectivity index (χ2v) is 6.13. The standard InChI is InChI=1S/C16H16BrClFN/c1-10-7-12(17)3-5-14(10)16(20-2)9-11-8-13(18)4-6-15(11)19/h3-8,16,20H,9H2,1-2H3. The molecule has 2 aromatic carbocycles. The van der Waals surface area contributed by atoms with Crippen LogP contribution in [0.1, 0.15) is 22.7 Å². The highest BCUT2D eigenvalue weighted by Crippen LogP contribution is 2.26. The van der Waals surface area contributed by atoms with E-state index < -0.39 is 0 Å². The van der Waals surface area contributed by atoms with E-state index in [9.17, 15) is 4.39 Å². The van der Waals surface area contributed by atoms with Gasteiger partial charge in [0.05, 0.1) is 0 Å². The molecule has 0 fully saturated rings. The van der Waals surface area contributed by atoms with E-state index in [1.54, 1.807) is 12.1 Å². The maximum Gasteiger partial charge on any atom is 0.126 e. The normalized spacial score (nSPS) is 12.4. The number of halogens is 3. The van der Waals surface area contributed by atoms with Crippen LogP contribution in [0.25, 0.3) is 0 Å². The molecule has 1 unspecified atom stereocenters. The summed E-state index contributed by atoms with van der Waals surface area (Å²) in [5.74, 6) is -0.218. The first-order valence-electron chi connectivity index (χ1n) is 6.38. The predicted molar refractivity (Wildman–Crippen MR) is 85.8 cm³/mol. The Morgan fingerprint density at radius 2 is 2.00 bits per heavy atom. The molecule has 20 heavy (non-hydrogen) atoms. The van der Waals surface area contributed by atoms with E-state index in [0.29, 0.717) is 17.0 Å². The SMILES string of the molecule is CNC(Cc1cc(Cl)ccc1F)c1ccc(Br)cc1C. The molecular weight excluding hydrogens is 341 g/mol. The van der Waals surface area contributed by atoms with Crippen LogP contribution in [0.2, 0.25) is 5.02 Å². The zero-order valence-corrected chi connectivity index (χ0v) is 13.7. The van der Waals surface area contributed by atoms with E-state index in [2.05, 4.69) is 40.3 Å². The summed E-state index contributed by atoms with van der Waals surface area (Å²) in [4.78, 5) is 0. The van der Waals surface area contributed by atoms with Crippen molar-refractivity contribution in [3.05, 3.63) is 68.4 Å². The van der Waals surface area contributed by atoms with Gasteiger partial charge in [0.1, 0.15) is 5.82 Å². The van der Waals surface area contributed by atoms with Gasteiger partial charge in [-0.15, -0.1) is 0 Å². The Balaban J connectivity index is 2.31. The first-order chi connectivity index (χ1) is 9.51. The summed E-state index contributed by atoms with van der Waals surface area (Å²) in [6, 6.07) is 10.8. The fraction of sp³-hybridized carbons (Fsp3) is 0.250. The Hall–Kier alpha value is -0.900. The van der Waals surface area contributed by atoms with Gasteiger partial charge in [0.15, 0.2) is 0 Å². The van der Waals surface area contributed by atoms with Crippen molar-refractivity contribution in [2.24, 2.45) is 0 Å². The lowest BCUT2D eigenvalue weighted by molar-refractivity contribution is 0.552. The Labute approximate surface area is 132 Å². The molecule has 0 amide bonds. The molecule has 0 saturated carbocycles. The minimum atomic E-state index is -0.218. The fourth-order valence-corrected chi connectivity index (χ4v) is 2.99. The van der Waals surface area contributed by atoms with Gasteiger partial charge in [0, 0.05) is 15.5 Å². The third-order valence-electron chi connectivity index (χ3n) is 3.39. The minimum absolute atomic E-state index is 0.0519. The molecule has 0 spiro atoms. The zero-order chi connectivity index (χ0) is 14.7. The monoisotopic (exact) mass is 355 g/mol. The van der Waals surface area contributed by atoms with Gasteiger partial charge in [-0.2, -0.15) is 0 Å². The van der Waals surface area contributed by atoms with Gasteiger partial charge in [-0.25, -0.2) is 4.39 Å². The zero-order valence-electron chi connectivity index (χ0n) is 11.4. The molecule has 2 aromatic rings. The van der Waals surface area contributed by atoms with E-state index in [4.69, 9.17) is 11.6 Å². The fourth-order valence-electron chi connectivity index (χ4n) is 2.32. The number of nitrogens with one attached hydrogen (secondary N) is 1. The van der Waals surface area contributed by atoms with Crippen molar-refractivity contribution in [3.8, 4) is 0 Å². The van der Waals surface area contributed by atoms with Crippen LogP contribution in [0.15, 0.2) is 40.9 Å². The summed E-state index contributed by atoms with van der Waals surface area (Å²) in [5.41, 5.74) is 2.95. The largest absolute Gasteiger partial charge is 0.313 e. The molecule has 1 nitrogen and oxygen atoms in total. The Morgan fingerprint density at radius 3 is 2.65 bits per heavy atom. The van der Waals surface area contributed by atoms with Crippen molar-refractivity contribution in [2.45, 2.75) is 19.4 Å². The molecule has 1 N–H and O–H groups in total. The van der Waals surface area contributed by atoms with Gasteiger partial charge in [-0.05, 0) is 67.4 Å². The van der Waals surface area contributed by atoms with Crippen LogP contribution in [-0.4, -0.2) is 7.05 Å². The summed E-state index contributed by atoms with van der Waals surface area (Å²) in [7, 11) is 1.88. The van der Waals surface area contributed by atoms with Crippen LogP contribution in [0, 0.1) is 12.7 Å². The highest BCUT2D eigenvalue weighted by atomic mass is 79.9. The van der Waals surface area contributed by atoms with Gasteiger partial charge < -0.3 is 5.32 Å². The number of hydrogen-bond donors (Lipinski definition) is 1. The average molecular weight is 357 g/mol. The maximum atomic E-state index is 13.9. The van der Waals surface area contributed by atoms with Crippen LogP contribution in [0.4, 0.5) is 4.39 Å². The molecule has 0 heterocycles. The number of benzene rings is 2. The first kappa shape index (κ1) is 15.5. The van der Waals surface area contributed by atoms with Crippen LogP contribution < -0.4 is 5.32 Å². The quantitative estimate of drug-likeness (QED) is 0.808. The van der Waals surface area contributed by atoms with Crippen molar-refractivity contribution in [1.29, 1.82) is 0 Å². The second-order valence-electron chi connectivity index (χ2n) is 4.78. The molecule has 2 rings (SSSR count). The molecule has 0 aliphatic rings. The van der Waals surface area contributed by atoms with Crippen LogP contribution in [0.3, 0.4) is 0 Å². The highest BCUT2D eigenvalue weighted by Gasteiger charge is 2.15. The van der Waals surface area contributed by atoms with Gasteiger partial charge >= 0.3 is 0 Å². The van der Waals surface area contributed by atoms with Gasteiger partial charge in [0.2, 0.25) is 0 Å². The molecule has 0 aliphatic carbocycles. The van der Waals surface area contributed by atoms with Crippen molar-refractivity contribution >= 4 is 27.5 Å². The highest BCUT2D eigenvalue weighted by molar-refractivity contribution is 9.10. The minimum Gasteiger partial charge on any atom is -0.313 e. The van der Waals surface area contributed by atoms with E-state index in [-0.39, 0.29) is 11.9 Å². The number of hydrogen-bond acceptors (Lipinski definition) is 1. The number of rotatable bonds is 4. The Morgan fingerprint density at radius 1 is 1.25 bits per heavy atom. The van der Waals surface area contributed by atoms with Crippen molar-refractivity contribution < 1.29 is 4.39 Å². The van der Waals surface area contributed by atoms with Crippen LogP contribution >= 0.6 is 27.5 Å². The lowest BCUT2D eigenvalue weighted by Gasteiger charge is -2.19. The third-order valence-corrected chi connectivity index (χ3v) is 4.12. The predicted octanol–water partition coefficient (Wildman–Crippen LogP) is 5.05. The smallest absolute Gasteiger partial charge is 0.126 e. The van der Waals surface area contributed by atoms with Crippen molar-refractivity contribution in [3.63, 3.8) is 0 Å². The summed E-state index contributed by atoms with van der Waals surface area (Å²) in [5, 5.41) is 3.81. The molecule has 0 aromatic heterocycles. The summed E-state index contributed by atoms with van der Waals surface area (Å²) in [6.07, 6.45) is 0.561. The molecule has 0 bridgehead atoms. The van der Waals surface area contributed by atoms with Crippen molar-refractivity contribution in [1.82, 2.24) is 5.32 Å². The topological polar surface area (TPSA) is 12.0 Å².